The van der Waals surface area contributed by atoms with E-state index in [-0.39, 0.29) is 19.1 Å². The van der Waals surface area contributed by atoms with Gasteiger partial charge in [0.25, 0.3) is 0 Å². The van der Waals surface area contributed by atoms with Crippen LogP contribution in [0, 0.1) is 0 Å². The second-order valence-electron chi connectivity index (χ2n) is 24.5. The lowest BCUT2D eigenvalue weighted by atomic mass is 10.0. The van der Waals surface area contributed by atoms with Gasteiger partial charge in [-0.1, -0.05) is 312 Å². The van der Waals surface area contributed by atoms with Gasteiger partial charge in [0, 0.05) is 6.42 Å². The van der Waals surface area contributed by atoms with Crippen LogP contribution in [0.25, 0.3) is 0 Å². The maximum absolute atomic E-state index is 13.0. The number of phosphoric acid groups is 1. The zero-order chi connectivity index (χ0) is 57.7. The van der Waals surface area contributed by atoms with Crippen molar-refractivity contribution in [2.24, 2.45) is 0 Å². The van der Waals surface area contributed by atoms with Crippen LogP contribution in [-0.2, 0) is 18.4 Å². The van der Waals surface area contributed by atoms with Crippen LogP contribution in [0.3, 0.4) is 0 Å². The Balaban J connectivity index is 4.13. The van der Waals surface area contributed by atoms with E-state index >= 15 is 0 Å². The van der Waals surface area contributed by atoms with Crippen molar-refractivity contribution in [2.75, 3.05) is 40.9 Å². The van der Waals surface area contributed by atoms with Gasteiger partial charge >= 0.3 is 7.82 Å². The Morgan fingerprint density at radius 1 is 0.430 bits per heavy atom. The molecule has 0 aliphatic carbocycles. The van der Waals surface area contributed by atoms with E-state index in [1.54, 1.807) is 6.08 Å². The molecule has 464 valence electrons. The summed E-state index contributed by atoms with van der Waals surface area (Å²) in [5, 5.41) is 14.0. The lowest BCUT2D eigenvalue weighted by molar-refractivity contribution is -0.870. The Morgan fingerprint density at radius 3 is 1.10 bits per heavy atom. The van der Waals surface area contributed by atoms with Gasteiger partial charge in [0.2, 0.25) is 5.91 Å². The molecule has 79 heavy (non-hydrogen) atoms. The molecule has 0 aromatic heterocycles. The highest BCUT2D eigenvalue weighted by molar-refractivity contribution is 7.47. The average Bonchev–Trinajstić information content (AvgIpc) is 3.42. The number of unbranched alkanes of at least 4 members (excludes halogenated alkanes) is 42. The molecule has 0 bridgehead atoms. The van der Waals surface area contributed by atoms with Gasteiger partial charge in [-0.15, -0.1) is 0 Å². The second kappa shape index (κ2) is 60.8. The molecule has 0 spiro atoms. The van der Waals surface area contributed by atoms with Crippen molar-refractivity contribution in [2.45, 2.75) is 341 Å². The normalized spacial score (nSPS) is 14.1. The predicted molar refractivity (Wildman–Crippen MR) is 346 cm³/mol. The molecule has 8 nitrogen and oxygen atoms in total. The van der Waals surface area contributed by atoms with Gasteiger partial charge in [0.1, 0.15) is 13.2 Å². The first kappa shape index (κ1) is 77.2. The monoisotopic (exact) mass is 1130 g/mol. The first-order valence-electron chi connectivity index (χ1n) is 34.2. The number of phosphoric ester groups is 1. The molecule has 9 heteroatoms. The van der Waals surface area contributed by atoms with Crippen molar-refractivity contribution in [1.82, 2.24) is 5.32 Å². The highest BCUT2D eigenvalue weighted by Gasteiger charge is 2.28. The molecule has 0 aliphatic heterocycles. The van der Waals surface area contributed by atoms with Gasteiger partial charge in [0.15, 0.2) is 0 Å². The minimum atomic E-state index is -4.36. The lowest BCUT2D eigenvalue weighted by Gasteiger charge is -2.25. The van der Waals surface area contributed by atoms with Crippen molar-refractivity contribution in [3.05, 3.63) is 60.8 Å². The van der Waals surface area contributed by atoms with E-state index in [0.717, 1.165) is 51.4 Å². The Bertz CT molecular complexity index is 1470. The number of nitrogens with zero attached hydrogens (tertiary/aromatic N) is 1. The maximum Gasteiger partial charge on any atom is 0.472 e. The molecule has 0 aromatic rings. The zero-order valence-corrected chi connectivity index (χ0v) is 54.0. The van der Waals surface area contributed by atoms with Crippen molar-refractivity contribution in [1.29, 1.82) is 0 Å². The van der Waals surface area contributed by atoms with Gasteiger partial charge in [-0.05, 0) is 70.6 Å². The van der Waals surface area contributed by atoms with Crippen LogP contribution in [0.4, 0.5) is 0 Å². The summed E-state index contributed by atoms with van der Waals surface area (Å²) in [6.07, 6.45) is 83.7. The first-order chi connectivity index (χ1) is 38.5. The third-order valence-electron chi connectivity index (χ3n) is 15.5. The summed E-state index contributed by atoms with van der Waals surface area (Å²) >= 11 is 0. The molecule has 3 atom stereocenters. The number of rotatable bonds is 63. The highest BCUT2D eigenvalue weighted by Crippen LogP contribution is 2.43. The number of carbonyl (C=O) groups excluding carboxylic acids is 1. The fraction of sp³-hybridized carbons (Fsp3) is 0.843. The Labute approximate surface area is 492 Å². The molecule has 1 amide bonds. The van der Waals surface area contributed by atoms with Gasteiger partial charge in [-0.25, -0.2) is 4.57 Å². The van der Waals surface area contributed by atoms with Crippen molar-refractivity contribution < 1.29 is 32.9 Å². The second-order valence-corrected chi connectivity index (χ2v) is 26.0. The van der Waals surface area contributed by atoms with Gasteiger partial charge in [0.05, 0.1) is 39.9 Å². The Hall–Kier alpha value is -1.80. The smallest absolute Gasteiger partial charge is 0.387 e. The molecule has 0 rings (SSSR count). The van der Waals surface area contributed by atoms with E-state index in [0.29, 0.717) is 17.4 Å². The largest absolute Gasteiger partial charge is 0.472 e. The quantitative estimate of drug-likeness (QED) is 0.0243. The summed E-state index contributed by atoms with van der Waals surface area (Å²) < 4.78 is 23.8. The number of amides is 1. The van der Waals surface area contributed by atoms with Crippen LogP contribution >= 0.6 is 7.82 Å². The number of likely N-dealkylation sites (N-methyl/N-ethyl adjacent to an activating group) is 1. The Kier molecular flexibility index (Phi) is 59.4. The molecule has 0 heterocycles. The van der Waals surface area contributed by atoms with Crippen LogP contribution in [0.5, 0.6) is 0 Å². The topological polar surface area (TPSA) is 105 Å². The molecule has 3 unspecified atom stereocenters. The van der Waals surface area contributed by atoms with Crippen LogP contribution in [-0.4, -0.2) is 73.4 Å². The van der Waals surface area contributed by atoms with E-state index < -0.39 is 20.0 Å². The van der Waals surface area contributed by atoms with E-state index in [4.69, 9.17) is 9.05 Å². The Morgan fingerprint density at radius 2 is 0.734 bits per heavy atom. The number of carbonyl (C=O) groups is 1. The SMILES string of the molecule is CCCCCCC/C=C\C/C=C\C/C=C\CCCCCCCCCCCCC(=O)NC(COP(=O)(O)OCC[N+](C)(C)C)C(O)/C=C/CC/C=C/CCCCCCCCCCCCCCCCCCCCCCCCCCCC. The summed E-state index contributed by atoms with van der Waals surface area (Å²) in [5.74, 6) is -0.188. The minimum absolute atomic E-state index is 0.0539. The molecule has 0 aromatic carbocycles. The molecular weight excluding hydrogens is 996 g/mol. The van der Waals surface area contributed by atoms with Gasteiger partial charge < -0.3 is 19.8 Å². The summed E-state index contributed by atoms with van der Waals surface area (Å²) in [4.78, 5) is 23.4. The molecule has 0 aliphatic rings. The first-order valence-corrected chi connectivity index (χ1v) is 35.7. The minimum Gasteiger partial charge on any atom is -0.387 e. The van der Waals surface area contributed by atoms with Gasteiger partial charge in [-0.3, -0.25) is 13.8 Å². The predicted octanol–water partition coefficient (Wildman–Crippen LogP) is 21.6. The molecule has 0 saturated carbocycles. The third-order valence-corrected chi connectivity index (χ3v) is 16.4. The van der Waals surface area contributed by atoms with Crippen molar-refractivity contribution in [3.8, 4) is 0 Å². The van der Waals surface area contributed by atoms with Crippen LogP contribution in [0.1, 0.15) is 328 Å². The van der Waals surface area contributed by atoms with E-state index in [9.17, 15) is 19.4 Å². The summed E-state index contributed by atoms with van der Waals surface area (Å²) in [6.45, 7) is 4.82. The molecular formula is C70H134N2O6P+. The number of aliphatic hydroxyl groups is 1. The van der Waals surface area contributed by atoms with E-state index in [1.165, 1.54) is 257 Å². The fourth-order valence-corrected chi connectivity index (χ4v) is 10.9. The number of aliphatic hydroxyl groups excluding tert-OH is 1. The number of nitrogens with one attached hydrogen (secondary N) is 1. The fourth-order valence-electron chi connectivity index (χ4n) is 10.1. The highest BCUT2D eigenvalue weighted by atomic mass is 31.2. The van der Waals surface area contributed by atoms with Gasteiger partial charge in [-0.2, -0.15) is 0 Å². The van der Waals surface area contributed by atoms with Crippen molar-refractivity contribution in [3.63, 3.8) is 0 Å². The summed E-state index contributed by atoms with van der Waals surface area (Å²) in [5.41, 5.74) is 0. The molecule has 3 N–H and O–H groups in total. The average molecular weight is 1130 g/mol. The summed E-state index contributed by atoms with van der Waals surface area (Å²) in [6, 6.07) is -0.870. The van der Waals surface area contributed by atoms with Crippen LogP contribution in [0.15, 0.2) is 60.8 Å². The lowest BCUT2D eigenvalue weighted by Crippen LogP contribution is -2.45. The van der Waals surface area contributed by atoms with Crippen molar-refractivity contribution >= 4 is 13.7 Å². The molecule has 0 radical (unpaired) electrons. The number of hydrogen-bond acceptors (Lipinski definition) is 5. The van der Waals surface area contributed by atoms with Crippen LogP contribution in [0.2, 0.25) is 0 Å². The standard InChI is InChI=1S/C70H133N2O6P/c1-6-8-10-12-14-16-18-20-22-24-26-28-30-32-33-34-35-36-37-38-40-41-43-45-47-49-51-53-55-57-59-61-63-69(73)68(67-78-79(75,76)77-66-65-72(3,4)5)71-70(74)64-62-60-58-56-54-52-50-48-46-44-42-39-31-29-27-25-23-21-19-17-15-13-11-9-7-2/h19,21,25,27,31,39,53,55,61,63,68-69,73H,6-18,20,22-24,26,28-30,32-38,40-52,54,56-60,62,64-67H2,1-5H3,(H-,71,74,75,76)/p+1/b21-19-,27-25-,39-31-,55-53+,63-61+. The van der Waals surface area contributed by atoms with E-state index in [2.05, 4.69) is 67.8 Å². The number of hydrogen-bond donors (Lipinski definition) is 3. The number of quaternary nitrogens is 1. The molecule has 0 saturated heterocycles. The maximum atomic E-state index is 13.0. The summed E-state index contributed by atoms with van der Waals surface area (Å²) in [7, 11) is 1.56. The molecule has 0 fully saturated rings. The third kappa shape index (κ3) is 63.6. The number of allylic oxidation sites excluding steroid dienone is 9. The zero-order valence-electron chi connectivity index (χ0n) is 53.1. The van der Waals surface area contributed by atoms with Crippen LogP contribution < -0.4 is 5.32 Å². The van der Waals surface area contributed by atoms with E-state index in [1.807, 2.05) is 27.2 Å².